The molecule has 6 heteroatoms. The molecule has 1 atom stereocenters. The van der Waals surface area contributed by atoms with Gasteiger partial charge in [0.15, 0.2) is 0 Å². The van der Waals surface area contributed by atoms with Crippen molar-refractivity contribution in [3.05, 3.63) is 34.9 Å². The number of hydrogen-bond donors (Lipinski definition) is 1. The third-order valence-corrected chi connectivity index (χ3v) is 6.54. The summed E-state index contributed by atoms with van der Waals surface area (Å²) >= 11 is 6.02. The fourth-order valence-corrected chi connectivity index (χ4v) is 5.06. The van der Waals surface area contributed by atoms with Crippen molar-refractivity contribution in [3.63, 3.8) is 0 Å². The second kappa shape index (κ2) is 7.30. The van der Waals surface area contributed by atoms with Crippen molar-refractivity contribution in [3.8, 4) is 0 Å². The monoisotopic (exact) mass is 345 g/mol. The fraction of sp³-hybridized carbons (Fsp3) is 0.625. The van der Waals surface area contributed by atoms with Crippen LogP contribution in [0.2, 0.25) is 5.02 Å². The van der Waals surface area contributed by atoms with Crippen LogP contribution in [0.15, 0.2) is 24.3 Å². The zero-order valence-corrected chi connectivity index (χ0v) is 14.5. The maximum Gasteiger partial charge on any atom is 0.214 e. The van der Waals surface area contributed by atoms with E-state index in [1.807, 2.05) is 31.2 Å². The highest BCUT2D eigenvalue weighted by Gasteiger charge is 2.39. The van der Waals surface area contributed by atoms with Crippen molar-refractivity contribution in [2.75, 3.05) is 25.4 Å². The SMILES string of the molecule is CCCS(=O)(=O)N1CCCC(CO)(Cc2cccc(Cl)c2)C1. The van der Waals surface area contributed by atoms with Crippen molar-refractivity contribution in [2.24, 2.45) is 5.41 Å². The molecular formula is C16H24ClNO3S. The van der Waals surface area contributed by atoms with Gasteiger partial charge in [-0.3, -0.25) is 0 Å². The van der Waals surface area contributed by atoms with Gasteiger partial charge in [0.25, 0.3) is 0 Å². The van der Waals surface area contributed by atoms with E-state index in [2.05, 4.69) is 0 Å². The zero-order valence-electron chi connectivity index (χ0n) is 13.0. The van der Waals surface area contributed by atoms with Crippen LogP contribution in [0.3, 0.4) is 0 Å². The third-order valence-electron chi connectivity index (χ3n) is 4.29. The molecule has 0 radical (unpaired) electrons. The molecule has 1 heterocycles. The van der Waals surface area contributed by atoms with Crippen LogP contribution in [0.5, 0.6) is 0 Å². The molecule has 0 saturated carbocycles. The molecule has 0 bridgehead atoms. The number of piperidine rings is 1. The van der Waals surface area contributed by atoms with E-state index in [-0.39, 0.29) is 12.4 Å². The zero-order chi connectivity index (χ0) is 16.2. The van der Waals surface area contributed by atoms with Gasteiger partial charge in [-0.25, -0.2) is 12.7 Å². The van der Waals surface area contributed by atoms with Crippen molar-refractivity contribution >= 4 is 21.6 Å². The Labute approximate surface area is 138 Å². The standard InChI is InChI=1S/C16H24ClNO3S/c1-2-9-22(20,21)18-8-4-7-16(12-18,13-19)11-14-5-3-6-15(17)10-14/h3,5-6,10,19H,2,4,7-9,11-13H2,1H3. The minimum absolute atomic E-state index is 0.0162. The maximum absolute atomic E-state index is 12.3. The van der Waals surface area contributed by atoms with E-state index in [4.69, 9.17) is 11.6 Å². The minimum Gasteiger partial charge on any atom is -0.396 e. The number of halogens is 1. The molecule has 0 aromatic heterocycles. The van der Waals surface area contributed by atoms with Crippen LogP contribution in [-0.4, -0.2) is 43.3 Å². The van der Waals surface area contributed by atoms with Crippen LogP contribution in [0.25, 0.3) is 0 Å². The van der Waals surface area contributed by atoms with Gasteiger partial charge in [-0.15, -0.1) is 0 Å². The predicted molar refractivity (Wildman–Crippen MR) is 89.6 cm³/mol. The van der Waals surface area contributed by atoms with Gasteiger partial charge < -0.3 is 5.11 Å². The molecular weight excluding hydrogens is 322 g/mol. The van der Waals surface area contributed by atoms with E-state index in [0.717, 1.165) is 18.4 Å². The number of benzene rings is 1. The molecule has 1 aliphatic rings. The minimum atomic E-state index is -3.22. The van der Waals surface area contributed by atoms with Crippen LogP contribution >= 0.6 is 11.6 Å². The first-order valence-corrected chi connectivity index (χ1v) is 9.73. The molecule has 1 fully saturated rings. The van der Waals surface area contributed by atoms with Gasteiger partial charge in [0.2, 0.25) is 10.0 Å². The molecule has 2 rings (SSSR count). The number of aliphatic hydroxyl groups is 1. The highest BCUT2D eigenvalue weighted by molar-refractivity contribution is 7.89. The molecule has 1 aliphatic heterocycles. The second-order valence-corrected chi connectivity index (χ2v) is 8.74. The Morgan fingerprint density at radius 1 is 1.41 bits per heavy atom. The molecule has 0 spiro atoms. The van der Waals surface area contributed by atoms with Crippen molar-refractivity contribution in [1.29, 1.82) is 0 Å². The summed E-state index contributed by atoms with van der Waals surface area (Å²) in [4.78, 5) is 0. The molecule has 124 valence electrons. The van der Waals surface area contributed by atoms with E-state index in [1.165, 1.54) is 0 Å². The first-order valence-electron chi connectivity index (χ1n) is 7.74. The van der Waals surface area contributed by atoms with Crippen molar-refractivity contribution in [2.45, 2.75) is 32.6 Å². The average Bonchev–Trinajstić information content (AvgIpc) is 2.47. The van der Waals surface area contributed by atoms with E-state index in [9.17, 15) is 13.5 Å². The molecule has 0 amide bonds. The Balaban J connectivity index is 2.19. The molecule has 22 heavy (non-hydrogen) atoms. The Hall–Kier alpha value is -0.620. The number of aliphatic hydroxyl groups excluding tert-OH is 1. The van der Waals surface area contributed by atoms with Gasteiger partial charge in [0.1, 0.15) is 0 Å². The Morgan fingerprint density at radius 3 is 2.82 bits per heavy atom. The summed E-state index contributed by atoms with van der Waals surface area (Å²) in [6.45, 7) is 2.79. The number of hydrogen-bond acceptors (Lipinski definition) is 3. The number of sulfonamides is 1. The lowest BCUT2D eigenvalue weighted by Gasteiger charge is -2.41. The van der Waals surface area contributed by atoms with Gasteiger partial charge in [-0.2, -0.15) is 0 Å². The number of nitrogens with zero attached hydrogens (tertiary/aromatic N) is 1. The summed E-state index contributed by atoms with van der Waals surface area (Å²) in [7, 11) is -3.22. The Bertz CT molecular complexity index is 605. The molecule has 1 aromatic carbocycles. The number of rotatable bonds is 6. The summed E-state index contributed by atoms with van der Waals surface area (Å²) in [6.07, 6.45) is 2.86. The van der Waals surface area contributed by atoms with E-state index in [0.29, 0.717) is 31.0 Å². The first kappa shape index (κ1) is 17.7. The predicted octanol–water partition coefficient (Wildman–Crippen LogP) is 2.70. The molecule has 1 unspecified atom stereocenters. The van der Waals surface area contributed by atoms with Gasteiger partial charge in [-0.05, 0) is 43.4 Å². The molecule has 1 N–H and O–H groups in total. The van der Waals surface area contributed by atoms with Gasteiger partial charge in [0.05, 0.1) is 12.4 Å². The van der Waals surface area contributed by atoms with Crippen LogP contribution in [-0.2, 0) is 16.4 Å². The quantitative estimate of drug-likeness (QED) is 0.862. The smallest absolute Gasteiger partial charge is 0.214 e. The maximum atomic E-state index is 12.3. The lowest BCUT2D eigenvalue weighted by atomic mass is 9.76. The van der Waals surface area contributed by atoms with Gasteiger partial charge in [0, 0.05) is 23.5 Å². The summed E-state index contributed by atoms with van der Waals surface area (Å²) in [6, 6.07) is 7.56. The Morgan fingerprint density at radius 2 is 2.18 bits per heavy atom. The van der Waals surface area contributed by atoms with Crippen LogP contribution in [0.4, 0.5) is 0 Å². The van der Waals surface area contributed by atoms with Gasteiger partial charge >= 0.3 is 0 Å². The summed E-state index contributed by atoms with van der Waals surface area (Å²) in [5, 5.41) is 10.6. The van der Waals surface area contributed by atoms with Crippen LogP contribution in [0.1, 0.15) is 31.7 Å². The lowest BCUT2D eigenvalue weighted by Crippen LogP contribution is -2.49. The average molecular weight is 346 g/mol. The largest absolute Gasteiger partial charge is 0.396 e. The van der Waals surface area contributed by atoms with Crippen LogP contribution < -0.4 is 0 Å². The van der Waals surface area contributed by atoms with E-state index in [1.54, 1.807) is 4.31 Å². The van der Waals surface area contributed by atoms with Crippen LogP contribution in [0, 0.1) is 5.41 Å². The normalized spacial score (nSPS) is 23.6. The molecule has 4 nitrogen and oxygen atoms in total. The first-order chi connectivity index (χ1) is 10.4. The highest BCUT2D eigenvalue weighted by atomic mass is 35.5. The van der Waals surface area contributed by atoms with E-state index >= 15 is 0 Å². The van der Waals surface area contributed by atoms with Crippen molar-refractivity contribution < 1.29 is 13.5 Å². The molecule has 0 aliphatic carbocycles. The lowest BCUT2D eigenvalue weighted by molar-refractivity contribution is 0.0645. The van der Waals surface area contributed by atoms with E-state index < -0.39 is 15.4 Å². The molecule has 1 aromatic rings. The fourth-order valence-electron chi connectivity index (χ4n) is 3.20. The van der Waals surface area contributed by atoms with Crippen molar-refractivity contribution in [1.82, 2.24) is 4.31 Å². The molecule has 1 saturated heterocycles. The summed E-state index contributed by atoms with van der Waals surface area (Å²) < 4.78 is 26.2. The third kappa shape index (κ3) is 4.22. The Kier molecular flexibility index (Phi) is 5.88. The van der Waals surface area contributed by atoms with Gasteiger partial charge in [-0.1, -0.05) is 30.7 Å². The second-order valence-electron chi connectivity index (χ2n) is 6.22. The summed E-state index contributed by atoms with van der Waals surface area (Å²) in [5.74, 6) is 0.172. The topological polar surface area (TPSA) is 57.6 Å². The summed E-state index contributed by atoms with van der Waals surface area (Å²) in [5.41, 5.74) is 0.625. The highest BCUT2D eigenvalue weighted by Crippen LogP contribution is 2.35.